The van der Waals surface area contributed by atoms with E-state index < -0.39 is 0 Å². The minimum absolute atomic E-state index is 0.591. The summed E-state index contributed by atoms with van der Waals surface area (Å²) in [5.41, 5.74) is 0. The summed E-state index contributed by atoms with van der Waals surface area (Å²) in [6, 6.07) is 0. The molecule has 2 nitrogen and oxygen atoms in total. The van der Waals surface area contributed by atoms with E-state index in [4.69, 9.17) is 0 Å². The predicted molar refractivity (Wildman–Crippen MR) is 108 cm³/mol. The molecule has 0 saturated carbocycles. The molecule has 0 amide bonds. The molecule has 0 aromatic carbocycles. The van der Waals surface area contributed by atoms with E-state index in [1.165, 1.54) is 90.1 Å². The Morgan fingerprint density at radius 3 is 1.54 bits per heavy atom. The second-order valence-electron chi connectivity index (χ2n) is 7.97. The van der Waals surface area contributed by atoms with Crippen LogP contribution >= 0.6 is 0 Å². The van der Waals surface area contributed by atoms with Crippen LogP contribution < -0.4 is 0 Å². The van der Waals surface area contributed by atoms with Crippen LogP contribution in [0, 0.1) is 5.92 Å². The Labute approximate surface area is 152 Å². The monoisotopic (exact) mass is 336 g/mol. The molecule has 1 unspecified atom stereocenters. The van der Waals surface area contributed by atoms with Crippen molar-refractivity contribution in [3.8, 4) is 0 Å². The van der Waals surface area contributed by atoms with Crippen LogP contribution in [0.2, 0.25) is 0 Å². The Morgan fingerprint density at radius 1 is 0.625 bits per heavy atom. The summed E-state index contributed by atoms with van der Waals surface area (Å²) in [6.45, 7) is 11.7. The van der Waals surface area contributed by atoms with Gasteiger partial charge in [-0.25, -0.2) is 0 Å². The van der Waals surface area contributed by atoms with Crippen LogP contribution in [0.3, 0.4) is 0 Å². The maximum Gasteiger partial charge on any atom is 0.103 e. The van der Waals surface area contributed by atoms with E-state index in [1.54, 1.807) is 0 Å². The third-order valence-corrected chi connectivity index (χ3v) is 5.23. The molecule has 0 aromatic rings. The van der Waals surface area contributed by atoms with Gasteiger partial charge in [0.15, 0.2) is 0 Å². The lowest BCUT2D eigenvalue weighted by atomic mass is 10.1. The lowest BCUT2D eigenvalue weighted by Crippen LogP contribution is -2.43. The Bertz CT molecular complexity index is 311. The molecule has 1 rings (SSSR count). The molecule has 0 spiro atoms. The van der Waals surface area contributed by atoms with Gasteiger partial charge in [-0.3, -0.25) is 0 Å². The van der Waals surface area contributed by atoms with Crippen LogP contribution in [0.25, 0.3) is 0 Å². The van der Waals surface area contributed by atoms with E-state index >= 15 is 0 Å². The third-order valence-electron chi connectivity index (χ3n) is 5.23. The van der Waals surface area contributed by atoms with Gasteiger partial charge >= 0.3 is 0 Å². The highest BCUT2D eigenvalue weighted by Crippen LogP contribution is 2.23. The Morgan fingerprint density at radius 2 is 1.08 bits per heavy atom. The quantitative estimate of drug-likeness (QED) is 0.304. The van der Waals surface area contributed by atoms with Crippen molar-refractivity contribution in [2.75, 3.05) is 13.1 Å². The molecule has 0 radical (unpaired) electrons. The first-order chi connectivity index (χ1) is 11.7. The average Bonchev–Trinajstić information content (AvgIpc) is 2.96. The maximum absolute atomic E-state index is 2.58. The summed E-state index contributed by atoms with van der Waals surface area (Å²) in [5, 5.41) is 0. The molecule has 0 aliphatic carbocycles. The molecule has 1 heterocycles. The molecular formula is C22H44N2. The Hall–Kier alpha value is -0.660. The predicted octanol–water partition coefficient (Wildman–Crippen LogP) is 6.78. The van der Waals surface area contributed by atoms with Crippen molar-refractivity contribution in [3.05, 3.63) is 12.4 Å². The van der Waals surface area contributed by atoms with Gasteiger partial charge in [-0.2, -0.15) is 0 Å². The zero-order valence-electron chi connectivity index (χ0n) is 17.1. The van der Waals surface area contributed by atoms with E-state index in [-0.39, 0.29) is 0 Å². The minimum atomic E-state index is 0.591. The zero-order valence-corrected chi connectivity index (χ0v) is 17.1. The minimum Gasteiger partial charge on any atom is -0.356 e. The molecule has 1 atom stereocenters. The van der Waals surface area contributed by atoms with Gasteiger partial charge in [0, 0.05) is 25.5 Å². The van der Waals surface area contributed by atoms with E-state index in [2.05, 4.69) is 49.9 Å². The molecule has 0 bridgehead atoms. The fourth-order valence-corrected chi connectivity index (χ4v) is 3.93. The maximum atomic E-state index is 2.58. The molecule has 0 aromatic heterocycles. The van der Waals surface area contributed by atoms with Gasteiger partial charge in [0.2, 0.25) is 0 Å². The molecular weight excluding hydrogens is 292 g/mol. The number of hydrogen-bond acceptors (Lipinski definition) is 2. The smallest absolute Gasteiger partial charge is 0.103 e. The van der Waals surface area contributed by atoms with E-state index in [0.29, 0.717) is 12.1 Å². The standard InChI is InChI=1S/C22H44N2/c1-5-7-8-9-10-11-12-13-14-15-16-18-24-20-19-23(17-6-2)22(24)21(3)4/h19-22H,5-18H2,1-4H3. The SMILES string of the molecule is CCCCCCCCCCCCCN1C=CN(CCC)C1C(C)C. The number of unbranched alkanes of at least 4 members (excludes halogenated alkanes) is 10. The Kier molecular flexibility index (Phi) is 12.1. The fourth-order valence-electron chi connectivity index (χ4n) is 3.93. The molecule has 1 aliphatic heterocycles. The third kappa shape index (κ3) is 8.44. The van der Waals surface area contributed by atoms with Crippen molar-refractivity contribution in [1.82, 2.24) is 9.80 Å². The summed E-state index contributed by atoms with van der Waals surface area (Å²) in [6.07, 6.45) is 22.2. The van der Waals surface area contributed by atoms with Crippen molar-refractivity contribution < 1.29 is 0 Å². The van der Waals surface area contributed by atoms with E-state index in [1.807, 2.05) is 0 Å². The Balaban J connectivity index is 2.01. The lowest BCUT2D eigenvalue weighted by Gasteiger charge is -2.35. The van der Waals surface area contributed by atoms with Gasteiger partial charge in [0.25, 0.3) is 0 Å². The largest absolute Gasteiger partial charge is 0.356 e. The molecule has 2 heteroatoms. The van der Waals surface area contributed by atoms with Gasteiger partial charge in [0.1, 0.15) is 6.17 Å². The van der Waals surface area contributed by atoms with Crippen LogP contribution in [0.1, 0.15) is 105 Å². The van der Waals surface area contributed by atoms with Crippen molar-refractivity contribution in [3.63, 3.8) is 0 Å². The van der Waals surface area contributed by atoms with Crippen molar-refractivity contribution in [1.29, 1.82) is 0 Å². The molecule has 1 aliphatic rings. The van der Waals surface area contributed by atoms with Crippen LogP contribution in [0.4, 0.5) is 0 Å². The molecule has 24 heavy (non-hydrogen) atoms. The molecule has 142 valence electrons. The van der Waals surface area contributed by atoms with Gasteiger partial charge in [-0.1, -0.05) is 91.9 Å². The average molecular weight is 337 g/mol. The summed E-state index contributed by atoms with van der Waals surface area (Å²) >= 11 is 0. The van der Waals surface area contributed by atoms with Gasteiger partial charge in [-0.15, -0.1) is 0 Å². The van der Waals surface area contributed by atoms with Crippen LogP contribution in [0.5, 0.6) is 0 Å². The first-order valence-corrected chi connectivity index (χ1v) is 10.9. The summed E-state index contributed by atoms with van der Waals surface area (Å²) < 4.78 is 0. The zero-order chi connectivity index (χ0) is 17.6. The van der Waals surface area contributed by atoms with E-state index in [9.17, 15) is 0 Å². The molecule has 0 saturated heterocycles. The molecule has 0 fully saturated rings. The molecule has 0 N–H and O–H groups in total. The normalized spacial score (nSPS) is 17.5. The summed E-state index contributed by atoms with van der Waals surface area (Å²) in [5.74, 6) is 0.694. The number of hydrogen-bond donors (Lipinski definition) is 0. The topological polar surface area (TPSA) is 6.48 Å². The number of rotatable bonds is 15. The van der Waals surface area contributed by atoms with Gasteiger partial charge < -0.3 is 9.80 Å². The first kappa shape index (κ1) is 21.4. The second-order valence-corrected chi connectivity index (χ2v) is 7.97. The van der Waals surface area contributed by atoms with Crippen LogP contribution in [0.15, 0.2) is 12.4 Å². The first-order valence-electron chi connectivity index (χ1n) is 10.9. The van der Waals surface area contributed by atoms with E-state index in [0.717, 1.165) is 0 Å². The van der Waals surface area contributed by atoms with Gasteiger partial charge in [-0.05, 0) is 18.8 Å². The highest BCUT2D eigenvalue weighted by atomic mass is 15.4. The highest BCUT2D eigenvalue weighted by Gasteiger charge is 2.27. The van der Waals surface area contributed by atoms with Crippen molar-refractivity contribution in [2.24, 2.45) is 5.92 Å². The fraction of sp³-hybridized carbons (Fsp3) is 0.909. The summed E-state index contributed by atoms with van der Waals surface area (Å²) in [7, 11) is 0. The van der Waals surface area contributed by atoms with Crippen LogP contribution in [-0.2, 0) is 0 Å². The number of nitrogens with zero attached hydrogens (tertiary/aromatic N) is 2. The van der Waals surface area contributed by atoms with Crippen molar-refractivity contribution >= 4 is 0 Å². The second kappa shape index (κ2) is 13.6. The highest BCUT2D eigenvalue weighted by molar-refractivity contribution is 4.97. The lowest BCUT2D eigenvalue weighted by molar-refractivity contribution is 0.106. The van der Waals surface area contributed by atoms with Crippen molar-refractivity contribution in [2.45, 2.75) is 111 Å². The van der Waals surface area contributed by atoms with Gasteiger partial charge in [0.05, 0.1) is 0 Å². The van der Waals surface area contributed by atoms with Crippen LogP contribution in [-0.4, -0.2) is 29.1 Å². The summed E-state index contributed by atoms with van der Waals surface area (Å²) in [4.78, 5) is 5.11.